The van der Waals surface area contributed by atoms with Crippen LogP contribution in [-0.2, 0) is 4.79 Å². The fraction of sp³-hybridized carbons (Fsp3) is 0.467. The van der Waals surface area contributed by atoms with Gasteiger partial charge in [-0.15, -0.1) is 6.58 Å². The molecule has 0 aromatic carbocycles. The summed E-state index contributed by atoms with van der Waals surface area (Å²) < 4.78 is 0. The minimum atomic E-state index is 0.167. The molecule has 3 heteroatoms. The van der Waals surface area contributed by atoms with Crippen molar-refractivity contribution in [2.45, 2.75) is 32.1 Å². The van der Waals surface area contributed by atoms with E-state index in [0.717, 1.165) is 18.7 Å². The van der Waals surface area contributed by atoms with Crippen molar-refractivity contribution in [3.05, 3.63) is 37.1 Å². The van der Waals surface area contributed by atoms with E-state index in [0.29, 0.717) is 6.54 Å². The third-order valence-electron chi connectivity index (χ3n) is 3.46. The average Bonchev–Trinajstić information content (AvgIpc) is 2.46. The first-order valence-electron chi connectivity index (χ1n) is 6.66. The van der Waals surface area contributed by atoms with Gasteiger partial charge >= 0.3 is 0 Å². The summed E-state index contributed by atoms with van der Waals surface area (Å²) in [5.41, 5.74) is 0. The predicted molar refractivity (Wildman–Crippen MR) is 73.4 cm³/mol. The van der Waals surface area contributed by atoms with E-state index < -0.39 is 0 Å². The lowest BCUT2D eigenvalue weighted by molar-refractivity contribution is -0.123. The normalized spacial score (nSPS) is 16.2. The van der Waals surface area contributed by atoms with E-state index in [1.54, 1.807) is 17.2 Å². The molecule has 1 aromatic heterocycles. The second kappa shape index (κ2) is 6.34. The van der Waals surface area contributed by atoms with Crippen LogP contribution in [0.3, 0.4) is 0 Å². The summed E-state index contributed by atoms with van der Waals surface area (Å²) in [6, 6.07) is 5.65. The van der Waals surface area contributed by atoms with E-state index in [2.05, 4.69) is 11.6 Å². The Morgan fingerprint density at radius 3 is 2.78 bits per heavy atom. The maximum Gasteiger partial charge on any atom is 0.231 e. The summed E-state index contributed by atoms with van der Waals surface area (Å²) in [6.45, 7) is 4.27. The van der Waals surface area contributed by atoms with E-state index in [4.69, 9.17) is 0 Å². The molecular weight excluding hydrogens is 224 g/mol. The van der Waals surface area contributed by atoms with Crippen LogP contribution < -0.4 is 4.90 Å². The Labute approximate surface area is 109 Å². The second-order valence-electron chi connectivity index (χ2n) is 4.76. The van der Waals surface area contributed by atoms with E-state index in [1.165, 1.54) is 19.3 Å². The van der Waals surface area contributed by atoms with Gasteiger partial charge < -0.3 is 0 Å². The minimum Gasteiger partial charge on any atom is -0.293 e. The maximum absolute atomic E-state index is 12.5. The van der Waals surface area contributed by atoms with Crippen LogP contribution in [-0.4, -0.2) is 17.4 Å². The molecule has 1 aromatic rings. The highest BCUT2D eigenvalue weighted by Crippen LogP contribution is 2.26. The van der Waals surface area contributed by atoms with Crippen molar-refractivity contribution in [2.75, 3.05) is 11.4 Å². The molecule has 1 aliphatic carbocycles. The molecule has 1 aliphatic rings. The number of anilines is 1. The van der Waals surface area contributed by atoms with Crippen molar-refractivity contribution in [3.8, 4) is 0 Å². The molecule has 1 amide bonds. The van der Waals surface area contributed by atoms with Gasteiger partial charge in [-0.3, -0.25) is 9.69 Å². The second-order valence-corrected chi connectivity index (χ2v) is 4.76. The minimum absolute atomic E-state index is 0.167. The molecule has 0 aliphatic heterocycles. The molecule has 1 saturated carbocycles. The molecule has 0 saturated heterocycles. The number of rotatable bonds is 4. The molecule has 0 radical (unpaired) electrons. The van der Waals surface area contributed by atoms with Crippen LogP contribution in [0.5, 0.6) is 0 Å². The Kier molecular flexibility index (Phi) is 4.51. The molecule has 3 nitrogen and oxygen atoms in total. The van der Waals surface area contributed by atoms with Gasteiger partial charge in [0.05, 0.1) is 0 Å². The number of aromatic nitrogens is 1. The van der Waals surface area contributed by atoms with Gasteiger partial charge in [0.1, 0.15) is 5.82 Å². The molecule has 1 heterocycles. The smallest absolute Gasteiger partial charge is 0.231 e. The van der Waals surface area contributed by atoms with Crippen LogP contribution in [0.2, 0.25) is 0 Å². The first-order chi connectivity index (χ1) is 8.83. The maximum atomic E-state index is 12.5. The lowest BCUT2D eigenvalue weighted by Crippen LogP contribution is -2.37. The largest absolute Gasteiger partial charge is 0.293 e. The number of hydrogen-bond acceptors (Lipinski definition) is 2. The van der Waals surface area contributed by atoms with Crippen molar-refractivity contribution in [2.24, 2.45) is 5.92 Å². The van der Waals surface area contributed by atoms with Gasteiger partial charge in [-0.1, -0.05) is 31.4 Å². The standard InChI is InChI=1S/C15H20N2O/c1-2-12-17(14-10-6-7-11-16-14)15(18)13-8-4-3-5-9-13/h2,6-7,10-11,13H,1,3-5,8-9,12H2. The fourth-order valence-corrected chi connectivity index (χ4v) is 2.51. The van der Waals surface area contributed by atoms with E-state index >= 15 is 0 Å². The van der Waals surface area contributed by atoms with Crippen LogP contribution in [0.1, 0.15) is 32.1 Å². The quantitative estimate of drug-likeness (QED) is 0.762. The van der Waals surface area contributed by atoms with Crippen molar-refractivity contribution in [1.29, 1.82) is 0 Å². The Balaban J connectivity index is 2.14. The monoisotopic (exact) mass is 244 g/mol. The van der Waals surface area contributed by atoms with E-state index in [1.807, 2.05) is 18.2 Å². The zero-order chi connectivity index (χ0) is 12.8. The van der Waals surface area contributed by atoms with Gasteiger partial charge in [-0.25, -0.2) is 4.98 Å². The molecule has 1 fully saturated rings. The SMILES string of the molecule is C=CCN(C(=O)C1CCCCC1)c1ccccn1. The average molecular weight is 244 g/mol. The highest BCUT2D eigenvalue weighted by atomic mass is 16.2. The van der Waals surface area contributed by atoms with Crippen LogP contribution in [0, 0.1) is 5.92 Å². The molecule has 0 spiro atoms. The van der Waals surface area contributed by atoms with Gasteiger partial charge in [-0.2, -0.15) is 0 Å². The van der Waals surface area contributed by atoms with Gasteiger partial charge in [0.25, 0.3) is 0 Å². The van der Waals surface area contributed by atoms with Gasteiger partial charge in [-0.05, 0) is 25.0 Å². The molecule has 2 rings (SSSR count). The summed E-state index contributed by atoms with van der Waals surface area (Å²) in [4.78, 5) is 18.6. The molecule has 0 bridgehead atoms. The molecular formula is C15H20N2O. The summed E-state index contributed by atoms with van der Waals surface area (Å²) >= 11 is 0. The molecule has 0 unspecified atom stereocenters. The Hall–Kier alpha value is -1.64. The number of hydrogen-bond donors (Lipinski definition) is 0. The summed E-state index contributed by atoms with van der Waals surface area (Å²) in [5, 5.41) is 0. The Bertz CT molecular complexity index is 396. The zero-order valence-electron chi connectivity index (χ0n) is 10.7. The third kappa shape index (κ3) is 2.97. The Morgan fingerprint density at radius 2 is 2.17 bits per heavy atom. The van der Waals surface area contributed by atoms with Crippen LogP contribution in [0.4, 0.5) is 5.82 Å². The van der Waals surface area contributed by atoms with Crippen molar-refractivity contribution in [1.82, 2.24) is 4.98 Å². The van der Waals surface area contributed by atoms with Crippen LogP contribution in [0.15, 0.2) is 37.1 Å². The molecule has 96 valence electrons. The predicted octanol–water partition coefficient (Wildman–Crippen LogP) is 3.18. The first kappa shape index (κ1) is 12.8. The lowest BCUT2D eigenvalue weighted by Gasteiger charge is -2.27. The highest BCUT2D eigenvalue weighted by molar-refractivity contribution is 5.94. The fourth-order valence-electron chi connectivity index (χ4n) is 2.51. The zero-order valence-corrected chi connectivity index (χ0v) is 10.7. The van der Waals surface area contributed by atoms with Gasteiger partial charge in [0.15, 0.2) is 0 Å². The topological polar surface area (TPSA) is 33.2 Å². The number of carbonyl (C=O) groups is 1. The molecule has 0 atom stereocenters. The van der Waals surface area contributed by atoms with Crippen LogP contribution in [0.25, 0.3) is 0 Å². The first-order valence-corrected chi connectivity index (χ1v) is 6.66. The van der Waals surface area contributed by atoms with Crippen LogP contribution >= 0.6 is 0 Å². The highest BCUT2D eigenvalue weighted by Gasteiger charge is 2.26. The Morgan fingerprint density at radius 1 is 1.39 bits per heavy atom. The van der Waals surface area contributed by atoms with E-state index in [-0.39, 0.29) is 11.8 Å². The number of pyridine rings is 1. The molecule has 0 N–H and O–H groups in total. The number of amides is 1. The van der Waals surface area contributed by atoms with Crippen molar-refractivity contribution in [3.63, 3.8) is 0 Å². The van der Waals surface area contributed by atoms with Crippen molar-refractivity contribution < 1.29 is 4.79 Å². The van der Waals surface area contributed by atoms with Gasteiger partial charge in [0, 0.05) is 18.7 Å². The summed E-state index contributed by atoms with van der Waals surface area (Å²) in [5.74, 6) is 1.10. The van der Waals surface area contributed by atoms with E-state index in [9.17, 15) is 4.79 Å². The number of carbonyl (C=O) groups excluding carboxylic acids is 1. The third-order valence-corrected chi connectivity index (χ3v) is 3.46. The van der Waals surface area contributed by atoms with Gasteiger partial charge in [0.2, 0.25) is 5.91 Å². The summed E-state index contributed by atoms with van der Waals surface area (Å²) in [6.07, 6.45) is 9.10. The number of nitrogens with zero attached hydrogens (tertiary/aromatic N) is 2. The van der Waals surface area contributed by atoms with Crippen molar-refractivity contribution >= 4 is 11.7 Å². The lowest BCUT2D eigenvalue weighted by atomic mass is 9.88. The summed E-state index contributed by atoms with van der Waals surface area (Å²) in [7, 11) is 0. The molecule has 18 heavy (non-hydrogen) atoms.